The van der Waals surface area contributed by atoms with Crippen LogP contribution in [-0.4, -0.2) is 32.3 Å². The predicted molar refractivity (Wildman–Crippen MR) is 94.7 cm³/mol. The van der Waals surface area contributed by atoms with Gasteiger partial charge in [-0.15, -0.1) is 0 Å². The van der Waals surface area contributed by atoms with Gasteiger partial charge in [0, 0.05) is 19.3 Å². The Bertz CT molecular complexity index is 672. The maximum Gasteiger partial charge on any atom is 0.231 e. The fraction of sp³-hybridized carbons (Fsp3) is 0.450. The smallest absolute Gasteiger partial charge is 0.231 e. The van der Waals surface area contributed by atoms with E-state index in [4.69, 9.17) is 13.9 Å². The maximum absolute atomic E-state index is 13.2. The summed E-state index contributed by atoms with van der Waals surface area (Å²) < 4.78 is 15.9. The summed E-state index contributed by atoms with van der Waals surface area (Å²) in [6.45, 7) is 3.21. The number of benzene rings is 1. The molecular formula is C20H25NO4. The summed E-state index contributed by atoms with van der Waals surface area (Å²) in [5, 5.41) is 3.19. The molecule has 0 bridgehead atoms. The Kier molecular flexibility index (Phi) is 5.43. The van der Waals surface area contributed by atoms with Crippen LogP contribution in [0.4, 0.5) is 0 Å². The maximum atomic E-state index is 13.2. The second-order valence-corrected chi connectivity index (χ2v) is 6.63. The van der Waals surface area contributed by atoms with Crippen LogP contribution in [0.3, 0.4) is 0 Å². The molecular weight excluding hydrogens is 318 g/mol. The zero-order valence-corrected chi connectivity index (χ0v) is 14.8. The highest BCUT2D eigenvalue weighted by atomic mass is 16.5. The molecule has 0 spiro atoms. The quantitative estimate of drug-likeness (QED) is 0.876. The Balaban J connectivity index is 1.77. The van der Waals surface area contributed by atoms with Gasteiger partial charge in [-0.3, -0.25) is 4.79 Å². The number of furan rings is 1. The average molecular weight is 343 g/mol. The van der Waals surface area contributed by atoms with Crippen LogP contribution in [0.2, 0.25) is 0 Å². The van der Waals surface area contributed by atoms with Gasteiger partial charge in [0.25, 0.3) is 0 Å². The van der Waals surface area contributed by atoms with Crippen molar-refractivity contribution in [3.63, 3.8) is 0 Å². The average Bonchev–Trinajstić information content (AvgIpc) is 3.15. The molecule has 134 valence electrons. The Labute approximate surface area is 148 Å². The minimum atomic E-state index is -0.546. The van der Waals surface area contributed by atoms with Gasteiger partial charge in [-0.1, -0.05) is 12.1 Å². The topological polar surface area (TPSA) is 60.7 Å². The molecule has 1 N–H and O–H groups in total. The number of hydrogen-bond donors (Lipinski definition) is 1. The van der Waals surface area contributed by atoms with E-state index in [-0.39, 0.29) is 11.9 Å². The molecule has 0 aliphatic carbocycles. The van der Waals surface area contributed by atoms with E-state index in [9.17, 15) is 4.79 Å². The van der Waals surface area contributed by atoms with Crippen LogP contribution >= 0.6 is 0 Å². The van der Waals surface area contributed by atoms with Gasteiger partial charge in [-0.2, -0.15) is 0 Å². The van der Waals surface area contributed by atoms with E-state index >= 15 is 0 Å². The first-order valence-electron chi connectivity index (χ1n) is 8.68. The van der Waals surface area contributed by atoms with Gasteiger partial charge in [-0.25, -0.2) is 0 Å². The summed E-state index contributed by atoms with van der Waals surface area (Å²) in [5.74, 6) is 0.858. The molecule has 25 heavy (non-hydrogen) atoms. The molecule has 1 aromatic carbocycles. The van der Waals surface area contributed by atoms with Crippen LogP contribution in [0, 0.1) is 0 Å². The van der Waals surface area contributed by atoms with E-state index < -0.39 is 5.41 Å². The first-order chi connectivity index (χ1) is 12.1. The number of methoxy groups -OCH3 is 1. The van der Waals surface area contributed by atoms with E-state index in [2.05, 4.69) is 5.32 Å². The van der Waals surface area contributed by atoms with Crippen LogP contribution < -0.4 is 10.1 Å². The third kappa shape index (κ3) is 3.87. The fourth-order valence-corrected chi connectivity index (χ4v) is 3.45. The second kappa shape index (κ2) is 7.74. The van der Waals surface area contributed by atoms with Gasteiger partial charge in [0.15, 0.2) is 0 Å². The fourth-order valence-electron chi connectivity index (χ4n) is 3.45. The van der Waals surface area contributed by atoms with Gasteiger partial charge >= 0.3 is 0 Å². The lowest BCUT2D eigenvalue weighted by molar-refractivity contribution is -0.131. The highest BCUT2D eigenvalue weighted by molar-refractivity contribution is 5.88. The van der Waals surface area contributed by atoms with Crippen molar-refractivity contribution in [2.45, 2.75) is 37.6 Å². The Hall–Kier alpha value is -2.27. The normalized spacial score (nSPS) is 17.7. The number of hydrogen-bond acceptors (Lipinski definition) is 4. The molecule has 1 fully saturated rings. The SMILES string of the molecule is COc1ccc(C2(C(=O)NC(C)Cc3ccoc3)CCOCC2)cc1. The van der Waals surface area contributed by atoms with Gasteiger partial charge < -0.3 is 19.2 Å². The zero-order chi connectivity index (χ0) is 17.7. The molecule has 1 aromatic heterocycles. The Morgan fingerprint density at radius 2 is 1.96 bits per heavy atom. The van der Waals surface area contributed by atoms with Crippen LogP contribution in [-0.2, 0) is 21.4 Å². The van der Waals surface area contributed by atoms with Crippen molar-refractivity contribution in [2.24, 2.45) is 0 Å². The largest absolute Gasteiger partial charge is 0.497 e. The molecule has 1 aliphatic rings. The van der Waals surface area contributed by atoms with E-state index in [1.54, 1.807) is 19.6 Å². The number of rotatable bonds is 6. The van der Waals surface area contributed by atoms with Crippen molar-refractivity contribution in [2.75, 3.05) is 20.3 Å². The highest BCUT2D eigenvalue weighted by Crippen LogP contribution is 2.36. The molecule has 1 unspecified atom stereocenters. The van der Waals surface area contributed by atoms with Crippen molar-refractivity contribution in [3.05, 3.63) is 54.0 Å². The van der Waals surface area contributed by atoms with Gasteiger partial charge in [0.1, 0.15) is 5.75 Å². The molecule has 2 heterocycles. The van der Waals surface area contributed by atoms with Crippen molar-refractivity contribution in [1.29, 1.82) is 0 Å². The molecule has 3 rings (SSSR count). The summed E-state index contributed by atoms with van der Waals surface area (Å²) in [6, 6.07) is 9.76. The summed E-state index contributed by atoms with van der Waals surface area (Å²) in [6.07, 6.45) is 5.49. The zero-order valence-electron chi connectivity index (χ0n) is 14.8. The molecule has 5 heteroatoms. The molecule has 1 aliphatic heterocycles. The predicted octanol–water partition coefficient (Wildman–Crippen LogP) is 3.08. The number of nitrogens with one attached hydrogen (secondary N) is 1. The van der Waals surface area contributed by atoms with E-state index in [1.165, 1.54) is 0 Å². The second-order valence-electron chi connectivity index (χ2n) is 6.63. The minimum absolute atomic E-state index is 0.0306. The lowest BCUT2D eigenvalue weighted by Gasteiger charge is -2.37. The number of amides is 1. The van der Waals surface area contributed by atoms with E-state index in [0.717, 1.165) is 23.3 Å². The van der Waals surface area contributed by atoms with Crippen molar-refractivity contribution in [3.8, 4) is 5.75 Å². The first-order valence-corrected chi connectivity index (χ1v) is 8.68. The monoisotopic (exact) mass is 343 g/mol. The third-order valence-electron chi connectivity index (χ3n) is 4.92. The standard InChI is InChI=1S/C20H25NO4/c1-15(13-16-7-10-25-14-16)21-19(22)20(8-11-24-12-9-20)17-3-5-18(23-2)6-4-17/h3-7,10,14-15H,8-9,11-13H2,1-2H3,(H,21,22). The van der Waals surface area contributed by atoms with Gasteiger partial charge in [-0.05, 0) is 55.5 Å². The molecule has 1 saturated heterocycles. The summed E-state index contributed by atoms with van der Waals surface area (Å²) in [4.78, 5) is 13.2. The van der Waals surface area contributed by atoms with E-state index in [1.807, 2.05) is 37.3 Å². The lowest BCUT2D eigenvalue weighted by atomic mass is 9.73. The Morgan fingerprint density at radius 1 is 1.24 bits per heavy atom. The number of ether oxygens (including phenoxy) is 2. The van der Waals surface area contributed by atoms with Crippen LogP contribution in [0.25, 0.3) is 0 Å². The van der Waals surface area contributed by atoms with Crippen molar-refractivity contribution < 1.29 is 18.7 Å². The number of carbonyl (C=O) groups excluding carboxylic acids is 1. The number of carbonyl (C=O) groups is 1. The van der Waals surface area contributed by atoms with Gasteiger partial charge in [0.05, 0.1) is 25.1 Å². The van der Waals surface area contributed by atoms with Crippen molar-refractivity contribution >= 4 is 5.91 Å². The van der Waals surface area contributed by atoms with Crippen molar-refractivity contribution in [1.82, 2.24) is 5.32 Å². The summed E-state index contributed by atoms with van der Waals surface area (Å²) >= 11 is 0. The molecule has 0 saturated carbocycles. The molecule has 1 amide bonds. The summed E-state index contributed by atoms with van der Waals surface area (Å²) in [7, 11) is 1.64. The molecule has 1 atom stereocenters. The van der Waals surface area contributed by atoms with E-state index in [0.29, 0.717) is 26.1 Å². The first kappa shape index (κ1) is 17.5. The molecule has 0 radical (unpaired) electrons. The Morgan fingerprint density at radius 3 is 2.56 bits per heavy atom. The lowest BCUT2D eigenvalue weighted by Crippen LogP contribution is -2.50. The van der Waals surface area contributed by atoms with Crippen LogP contribution in [0.5, 0.6) is 5.75 Å². The molecule has 5 nitrogen and oxygen atoms in total. The third-order valence-corrected chi connectivity index (χ3v) is 4.92. The summed E-state index contributed by atoms with van der Waals surface area (Å²) in [5.41, 5.74) is 1.55. The minimum Gasteiger partial charge on any atom is -0.497 e. The van der Waals surface area contributed by atoms with Crippen LogP contribution in [0.15, 0.2) is 47.3 Å². The van der Waals surface area contributed by atoms with Crippen LogP contribution in [0.1, 0.15) is 30.9 Å². The molecule has 2 aromatic rings. The highest BCUT2D eigenvalue weighted by Gasteiger charge is 2.42. The van der Waals surface area contributed by atoms with Gasteiger partial charge in [0.2, 0.25) is 5.91 Å².